The van der Waals surface area contributed by atoms with Crippen LogP contribution in [0.2, 0.25) is 0 Å². The normalized spacial score (nSPS) is 23.6. The van der Waals surface area contributed by atoms with Crippen LogP contribution in [0.4, 0.5) is 5.82 Å². The molecule has 0 aliphatic carbocycles. The summed E-state index contributed by atoms with van der Waals surface area (Å²) >= 11 is 5.81. The Morgan fingerprint density at radius 3 is 2.63 bits per heavy atom. The number of alkyl halides is 1. The number of carbonyl (C=O) groups excluding carboxylic acids is 3. The Labute approximate surface area is 162 Å². The van der Waals surface area contributed by atoms with Gasteiger partial charge in [0, 0.05) is 45.0 Å². The number of nitrogens with one attached hydrogen (secondary N) is 1. The molecule has 0 saturated carbocycles. The summed E-state index contributed by atoms with van der Waals surface area (Å²) in [7, 11) is 0. The molecule has 3 aliphatic rings. The summed E-state index contributed by atoms with van der Waals surface area (Å²) in [6, 6.07) is 3.07. The molecule has 1 atom stereocenters. The fraction of sp³-hybridized carbons (Fsp3) is 0.556. The molecule has 27 heavy (non-hydrogen) atoms. The third kappa shape index (κ3) is 3.51. The maximum absolute atomic E-state index is 12.7. The number of aromatic nitrogens is 1. The molecule has 3 aliphatic heterocycles. The Bertz CT molecular complexity index is 778. The summed E-state index contributed by atoms with van der Waals surface area (Å²) < 4.78 is 0. The van der Waals surface area contributed by atoms with E-state index in [1.165, 1.54) is 4.90 Å². The van der Waals surface area contributed by atoms with Crippen molar-refractivity contribution < 1.29 is 14.4 Å². The number of halogens is 1. The van der Waals surface area contributed by atoms with Gasteiger partial charge in [-0.15, -0.1) is 11.6 Å². The summed E-state index contributed by atoms with van der Waals surface area (Å²) in [5.74, 6) is 0.620. The zero-order valence-electron chi connectivity index (χ0n) is 15.0. The molecule has 1 N–H and O–H groups in total. The fourth-order valence-corrected chi connectivity index (χ4v) is 4.16. The standard InChI is InChI=1S/C18H22ClN5O3/c19-5-6-22-7-9-23(10-8-22)15-3-1-12-13(20-15)11-24(18(12)27)14-2-4-16(25)21-17(14)26/h1,3,14H,2,4-11H2,(H,21,25,26). The number of piperidine rings is 1. The summed E-state index contributed by atoms with van der Waals surface area (Å²) in [6.07, 6.45) is 0.613. The maximum atomic E-state index is 12.7. The van der Waals surface area contributed by atoms with E-state index in [0.29, 0.717) is 30.1 Å². The van der Waals surface area contributed by atoms with Gasteiger partial charge in [-0.2, -0.15) is 0 Å². The smallest absolute Gasteiger partial charge is 0.256 e. The second kappa shape index (κ2) is 7.44. The lowest BCUT2D eigenvalue weighted by molar-refractivity contribution is -0.136. The third-order valence-electron chi connectivity index (χ3n) is 5.45. The number of carbonyl (C=O) groups is 3. The van der Waals surface area contributed by atoms with Gasteiger partial charge in [-0.05, 0) is 18.6 Å². The lowest BCUT2D eigenvalue weighted by atomic mass is 10.0. The van der Waals surface area contributed by atoms with Crippen LogP contribution in [0, 0.1) is 0 Å². The molecule has 1 aromatic rings. The molecule has 2 saturated heterocycles. The monoisotopic (exact) mass is 391 g/mol. The Morgan fingerprint density at radius 1 is 1.15 bits per heavy atom. The van der Waals surface area contributed by atoms with Crippen molar-refractivity contribution in [2.45, 2.75) is 25.4 Å². The van der Waals surface area contributed by atoms with Gasteiger partial charge in [-0.3, -0.25) is 24.6 Å². The zero-order valence-corrected chi connectivity index (χ0v) is 15.7. The number of fused-ring (bicyclic) bond motifs is 1. The largest absolute Gasteiger partial charge is 0.354 e. The van der Waals surface area contributed by atoms with Crippen molar-refractivity contribution in [2.24, 2.45) is 0 Å². The highest BCUT2D eigenvalue weighted by Crippen LogP contribution is 2.28. The molecule has 0 radical (unpaired) electrons. The first-order chi connectivity index (χ1) is 13.1. The van der Waals surface area contributed by atoms with Crippen LogP contribution >= 0.6 is 11.6 Å². The summed E-state index contributed by atoms with van der Waals surface area (Å²) in [5.41, 5.74) is 1.25. The van der Waals surface area contributed by atoms with Crippen LogP contribution in [-0.2, 0) is 16.1 Å². The Kier molecular flexibility index (Phi) is 5.01. The minimum Gasteiger partial charge on any atom is -0.354 e. The zero-order chi connectivity index (χ0) is 19.0. The molecule has 0 aromatic carbocycles. The van der Waals surface area contributed by atoms with Crippen LogP contribution in [0.25, 0.3) is 0 Å². The topological polar surface area (TPSA) is 85.9 Å². The van der Waals surface area contributed by atoms with E-state index in [9.17, 15) is 14.4 Å². The molecule has 4 heterocycles. The van der Waals surface area contributed by atoms with E-state index in [-0.39, 0.29) is 18.2 Å². The molecule has 2 fully saturated rings. The molecule has 0 bridgehead atoms. The van der Waals surface area contributed by atoms with Gasteiger partial charge in [0.15, 0.2) is 0 Å². The van der Waals surface area contributed by atoms with Crippen molar-refractivity contribution in [3.8, 4) is 0 Å². The number of piperazine rings is 1. The minimum absolute atomic E-state index is 0.189. The molecular weight excluding hydrogens is 370 g/mol. The Hall–Kier alpha value is -2.19. The quantitative estimate of drug-likeness (QED) is 0.583. The van der Waals surface area contributed by atoms with Gasteiger partial charge in [-0.25, -0.2) is 4.98 Å². The predicted octanol–water partition coefficient (Wildman–Crippen LogP) is 0.203. The van der Waals surface area contributed by atoms with Crippen molar-refractivity contribution >= 4 is 35.1 Å². The van der Waals surface area contributed by atoms with E-state index in [4.69, 9.17) is 16.6 Å². The second-order valence-corrected chi connectivity index (χ2v) is 7.46. The van der Waals surface area contributed by atoms with Gasteiger partial charge in [0.1, 0.15) is 11.9 Å². The molecule has 8 nitrogen and oxygen atoms in total. The average molecular weight is 392 g/mol. The molecule has 1 unspecified atom stereocenters. The first-order valence-electron chi connectivity index (χ1n) is 9.24. The summed E-state index contributed by atoms with van der Waals surface area (Å²) in [6.45, 7) is 4.81. The first-order valence-corrected chi connectivity index (χ1v) is 9.78. The SMILES string of the molecule is O=C1CCC(N2Cc3nc(N4CCN(CCCl)CC4)ccc3C2=O)C(=O)N1. The van der Waals surface area contributed by atoms with E-state index in [1.807, 2.05) is 6.07 Å². The molecule has 9 heteroatoms. The number of anilines is 1. The van der Waals surface area contributed by atoms with Crippen LogP contribution < -0.4 is 10.2 Å². The van der Waals surface area contributed by atoms with Gasteiger partial charge in [0.05, 0.1) is 17.8 Å². The fourth-order valence-electron chi connectivity index (χ4n) is 3.92. The number of rotatable bonds is 4. The van der Waals surface area contributed by atoms with Crippen molar-refractivity contribution in [1.29, 1.82) is 0 Å². The molecule has 1 aromatic heterocycles. The van der Waals surface area contributed by atoms with E-state index < -0.39 is 11.9 Å². The van der Waals surface area contributed by atoms with Crippen molar-refractivity contribution in [3.05, 3.63) is 23.4 Å². The van der Waals surface area contributed by atoms with Crippen LogP contribution in [0.1, 0.15) is 28.9 Å². The van der Waals surface area contributed by atoms with E-state index in [1.54, 1.807) is 6.07 Å². The van der Waals surface area contributed by atoms with Crippen LogP contribution in [-0.4, -0.2) is 77.2 Å². The van der Waals surface area contributed by atoms with Crippen LogP contribution in [0.3, 0.4) is 0 Å². The van der Waals surface area contributed by atoms with Gasteiger partial charge in [-0.1, -0.05) is 0 Å². The van der Waals surface area contributed by atoms with Gasteiger partial charge in [0.2, 0.25) is 11.8 Å². The van der Waals surface area contributed by atoms with Crippen molar-refractivity contribution in [2.75, 3.05) is 43.5 Å². The number of imide groups is 1. The predicted molar refractivity (Wildman–Crippen MR) is 99.7 cm³/mol. The lowest BCUT2D eigenvalue weighted by Crippen LogP contribution is -2.52. The number of hydrogen-bond acceptors (Lipinski definition) is 6. The number of hydrogen-bond donors (Lipinski definition) is 1. The minimum atomic E-state index is -0.605. The van der Waals surface area contributed by atoms with Crippen molar-refractivity contribution in [1.82, 2.24) is 20.1 Å². The molecular formula is C18H22ClN5O3. The van der Waals surface area contributed by atoms with Crippen molar-refractivity contribution in [3.63, 3.8) is 0 Å². The van der Waals surface area contributed by atoms with Gasteiger partial charge >= 0.3 is 0 Å². The Balaban J connectivity index is 1.47. The lowest BCUT2D eigenvalue weighted by Gasteiger charge is -2.35. The second-order valence-electron chi connectivity index (χ2n) is 7.08. The van der Waals surface area contributed by atoms with Crippen LogP contribution in [0.15, 0.2) is 12.1 Å². The highest BCUT2D eigenvalue weighted by atomic mass is 35.5. The van der Waals surface area contributed by atoms with Crippen LogP contribution in [0.5, 0.6) is 0 Å². The van der Waals surface area contributed by atoms with E-state index >= 15 is 0 Å². The molecule has 4 rings (SSSR count). The average Bonchev–Trinajstić information content (AvgIpc) is 2.98. The summed E-state index contributed by atoms with van der Waals surface area (Å²) in [5, 5.41) is 2.32. The van der Waals surface area contributed by atoms with E-state index in [2.05, 4.69) is 15.1 Å². The Morgan fingerprint density at radius 2 is 1.93 bits per heavy atom. The first kappa shape index (κ1) is 18.2. The van der Waals surface area contributed by atoms with Gasteiger partial charge < -0.3 is 9.80 Å². The highest BCUT2D eigenvalue weighted by molar-refractivity contribution is 6.18. The summed E-state index contributed by atoms with van der Waals surface area (Å²) in [4.78, 5) is 47.0. The molecule has 144 valence electrons. The van der Waals surface area contributed by atoms with Gasteiger partial charge in [0.25, 0.3) is 5.91 Å². The van der Waals surface area contributed by atoms with E-state index in [0.717, 1.165) is 38.5 Å². The number of nitrogens with zero attached hydrogens (tertiary/aromatic N) is 4. The molecule has 0 spiro atoms. The maximum Gasteiger partial charge on any atom is 0.256 e. The third-order valence-corrected chi connectivity index (χ3v) is 5.62. The highest BCUT2D eigenvalue weighted by Gasteiger charge is 2.39. The molecule has 3 amide bonds. The number of amides is 3. The number of pyridine rings is 1.